The number of carbonyl (C=O) groups is 8. The number of nitrogens with one attached hydrogen (secondary N) is 7. The van der Waals surface area contributed by atoms with Gasteiger partial charge < -0.3 is 81.5 Å². The van der Waals surface area contributed by atoms with Crippen LogP contribution >= 0.6 is 0 Å². The van der Waals surface area contributed by atoms with Crippen molar-refractivity contribution in [3.05, 3.63) is 18.2 Å². The molecule has 0 aliphatic heterocycles. The van der Waals surface area contributed by atoms with Crippen molar-refractivity contribution < 1.29 is 48.6 Å². The number of rotatable bonds is 29. The van der Waals surface area contributed by atoms with E-state index in [4.69, 9.17) is 34.4 Å². The molecule has 0 aliphatic carbocycles. The first-order valence-electron chi connectivity index (χ1n) is 19.8. The smallest absolute Gasteiger partial charge is 0.245 e. The van der Waals surface area contributed by atoms with Crippen LogP contribution in [0.1, 0.15) is 71.9 Å². The molecule has 0 saturated heterocycles. The highest BCUT2D eigenvalue weighted by Gasteiger charge is 2.35. The van der Waals surface area contributed by atoms with Gasteiger partial charge in [-0.15, -0.1) is 0 Å². The lowest BCUT2D eigenvalue weighted by Gasteiger charge is -2.28. The average Bonchev–Trinajstić information content (AvgIpc) is 3.70. The second-order valence-corrected chi connectivity index (χ2v) is 15.0. The second-order valence-electron chi connectivity index (χ2n) is 15.0. The number of imidazole rings is 1. The SMILES string of the molecule is CC(C)C[C@H](NC(=O)[C@@H](C)CCCN=C(N)N)C(=O)N[C@@H](Cc1cnc[nH]1)C(=O)N[C@@H](CO)C(=O)N[C@H](C(=O)NC(CCCN=C(N)N)C(=O)N[C@@H](CC(N)=O)C(N)=O)[C@@H](C)O. The van der Waals surface area contributed by atoms with Gasteiger partial charge in [0.1, 0.15) is 36.3 Å². The minimum absolute atomic E-state index is 0.00773. The normalized spacial score (nSPS) is 14.8. The van der Waals surface area contributed by atoms with Gasteiger partial charge in [-0.2, -0.15) is 0 Å². The Hall–Kier alpha value is -6.57. The van der Waals surface area contributed by atoms with Crippen LogP contribution in [0.5, 0.6) is 0 Å². The molecular formula is C36H64N16O10. The molecule has 0 radical (unpaired) electrons. The van der Waals surface area contributed by atoms with Crippen LogP contribution in [0.3, 0.4) is 0 Å². The molecule has 0 saturated carbocycles. The number of aliphatic hydroxyl groups is 2. The number of guanidine groups is 2. The molecule has 348 valence electrons. The van der Waals surface area contributed by atoms with Gasteiger partial charge in [-0.3, -0.25) is 48.3 Å². The number of aliphatic hydroxyl groups excluding tert-OH is 2. The Morgan fingerprint density at radius 2 is 1.16 bits per heavy atom. The summed E-state index contributed by atoms with van der Waals surface area (Å²) in [5.74, 6) is -8.34. The Labute approximate surface area is 358 Å². The van der Waals surface area contributed by atoms with Crippen molar-refractivity contribution in [2.75, 3.05) is 19.7 Å². The maximum atomic E-state index is 13.8. The Balaban J connectivity index is 3.26. The van der Waals surface area contributed by atoms with Crippen LogP contribution in [-0.4, -0.2) is 141 Å². The highest BCUT2D eigenvalue weighted by molar-refractivity contribution is 5.97. The molecule has 26 heteroatoms. The number of hydrogen-bond donors (Lipinski definition) is 15. The third-order valence-corrected chi connectivity index (χ3v) is 9.01. The van der Waals surface area contributed by atoms with Gasteiger partial charge in [-0.25, -0.2) is 4.98 Å². The first-order valence-corrected chi connectivity index (χ1v) is 19.8. The van der Waals surface area contributed by atoms with E-state index in [1.54, 1.807) is 6.92 Å². The van der Waals surface area contributed by atoms with Gasteiger partial charge in [0.05, 0.1) is 25.5 Å². The van der Waals surface area contributed by atoms with E-state index in [0.717, 1.165) is 6.92 Å². The molecule has 0 spiro atoms. The number of aromatic amines is 1. The molecule has 1 aromatic heterocycles. The zero-order chi connectivity index (χ0) is 47.1. The van der Waals surface area contributed by atoms with Crippen molar-refractivity contribution in [3.63, 3.8) is 0 Å². The summed E-state index contributed by atoms with van der Waals surface area (Å²) in [5.41, 5.74) is 32.3. The molecule has 62 heavy (non-hydrogen) atoms. The quantitative estimate of drug-likeness (QED) is 0.0202. The molecule has 8 amide bonds. The molecule has 0 fully saturated rings. The molecule has 0 bridgehead atoms. The summed E-state index contributed by atoms with van der Waals surface area (Å²) in [4.78, 5) is 119. The summed E-state index contributed by atoms with van der Waals surface area (Å²) in [6.07, 6.45) is 1.32. The van der Waals surface area contributed by atoms with E-state index >= 15 is 0 Å². The fourth-order valence-corrected chi connectivity index (χ4v) is 5.71. The lowest BCUT2D eigenvalue weighted by molar-refractivity contribution is -0.137. The molecule has 1 unspecified atom stereocenters. The van der Waals surface area contributed by atoms with E-state index in [0.29, 0.717) is 25.1 Å². The number of amides is 8. The van der Waals surface area contributed by atoms with Crippen molar-refractivity contribution >= 4 is 59.2 Å². The number of aromatic nitrogens is 2. The summed E-state index contributed by atoms with van der Waals surface area (Å²) in [6.45, 7) is 5.78. The Bertz CT molecular complexity index is 1710. The van der Waals surface area contributed by atoms with Crippen molar-refractivity contribution in [2.45, 2.75) is 115 Å². The van der Waals surface area contributed by atoms with Gasteiger partial charge in [0.2, 0.25) is 47.3 Å². The lowest BCUT2D eigenvalue weighted by atomic mass is 9.99. The topological polar surface area (TPSA) is 459 Å². The monoisotopic (exact) mass is 880 g/mol. The predicted molar refractivity (Wildman–Crippen MR) is 224 cm³/mol. The minimum atomic E-state index is -1.80. The van der Waals surface area contributed by atoms with E-state index < -0.39 is 109 Å². The van der Waals surface area contributed by atoms with E-state index in [2.05, 4.69) is 51.9 Å². The zero-order valence-corrected chi connectivity index (χ0v) is 35.4. The van der Waals surface area contributed by atoms with Crippen LogP contribution in [-0.2, 0) is 44.8 Å². The van der Waals surface area contributed by atoms with Gasteiger partial charge >= 0.3 is 0 Å². The van der Waals surface area contributed by atoms with Gasteiger partial charge in [0, 0.05) is 37.3 Å². The first-order chi connectivity index (χ1) is 29.0. The fraction of sp³-hybridized carbons (Fsp3) is 0.639. The molecule has 1 heterocycles. The standard InChI is InChI=1S/C36H64N16O10/c1-17(2)11-23(49-29(57)18(3)7-5-9-44-35(39)40)31(59)50-24(12-20-14-43-16-46-20)32(60)51-25(15-53)33(61)52-27(19(4)54)34(62)47-21(8-6-10-45-36(41)42)30(58)48-22(28(38)56)13-26(37)55/h14,16-19,21-25,27,53-54H,5-13,15H2,1-4H3,(H2,37,55)(H2,38,56)(H,43,46)(H,47,62)(H,48,58)(H,49,57)(H,50,59)(H,51,60)(H,52,61)(H4,39,40,44)(H4,41,42,45)/t18-,19+,21?,22-,23-,24-,25-,27-/m0/s1. The van der Waals surface area contributed by atoms with Crippen molar-refractivity contribution in [1.82, 2.24) is 41.9 Å². The average molecular weight is 881 g/mol. The van der Waals surface area contributed by atoms with Crippen molar-refractivity contribution in [2.24, 2.45) is 56.2 Å². The van der Waals surface area contributed by atoms with Crippen LogP contribution in [0.25, 0.3) is 0 Å². The molecule has 0 aliphatic rings. The largest absolute Gasteiger partial charge is 0.394 e. The third-order valence-electron chi connectivity index (χ3n) is 9.01. The number of nitrogens with zero attached hydrogens (tertiary/aromatic N) is 3. The fourth-order valence-electron chi connectivity index (χ4n) is 5.71. The molecule has 21 N–H and O–H groups in total. The van der Waals surface area contributed by atoms with Gasteiger partial charge in [0.15, 0.2) is 11.9 Å². The zero-order valence-electron chi connectivity index (χ0n) is 35.4. The van der Waals surface area contributed by atoms with Crippen LogP contribution in [0, 0.1) is 11.8 Å². The van der Waals surface area contributed by atoms with Crippen molar-refractivity contribution in [1.29, 1.82) is 0 Å². The van der Waals surface area contributed by atoms with E-state index in [1.165, 1.54) is 12.5 Å². The van der Waals surface area contributed by atoms with Gasteiger partial charge in [0.25, 0.3) is 0 Å². The second kappa shape index (κ2) is 27.3. The Morgan fingerprint density at radius 1 is 0.661 bits per heavy atom. The number of aliphatic imine (C=N–C) groups is 2. The number of primary amides is 2. The molecule has 26 nitrogen and oxygen atoms in total. The molecule has 1 rings (SSSR count). The minimum Gasteiger partial charge on any atom is -0.394 e. The van der Waals surface area contributed by atoms with Crippen LogP contribution in [0.2, 0.25) is 0 Å². The maximum absolute atomic E-state index is 13.8. The summed E-state index contributed by atoms with van der Waals surface area (Å²) < 4.78 is 0. The van der Waals surface area contributed by atoms with E-state index in [1.807, 2.05) is 13.8 Å². The lowest BCUT2D eigenvalue weighted by Crippen LogP contribution is -2.62. The number of hydrogen-bond acceptors (Lipinski definition) is 13. The summed E-state index contributed by atoms with van der Waals surface area (Å²) in [5, 5.41) is 35.3. The predicted octanol–water partition coefficient (Wildman–Crippen LogP) is -6.62. The van der Waals surface area contributed by atoms with Crippen LogP contribution in [0.4, 0.5) is 0 Å². The number of nitrogens with two attached hydrogens (primary N) is 6. The highest BCUT2D eigenvalue weighted by Crippen LogP contribution is 2.11. The van der Waals surface area contributed by atoms with E-state index in [9.17, 15) is 48.6 Å². The summed E-state index contributed by atoms with van der Waals surface area (Å²) in [6, 6.07) is -9.04. The highest BCUT2D eigenvalue weighted by atomic mass is 16.3. The Kier molecular flexibility index (Phi) is 23.5. The molecule has 1 aromatic rings. The van der Waals surface area contributed by atoms with Gasteiger partial charge in [-0.1, -0.05) is 20.8 Å². The third kappa shape index (κ3) is 20.6. The van der Waals surface area contributed by atoms with E-state index in [-0.39, 0.29) is 50.1 Å². The number of carbonyl (C=O) groups excluding carboxylic acids is 8. The molecular weight excluding hydrogens is 816 g/mol. The molecule has 8 atom stereocenters. The summed E-state index contributed by atoms with van der Waals surface area (Å²) >= 11 is 0. The Morgan fingerprint density at radius 3 is 1.66 bits per heavy atom. The van der Waals surface area contributed by atoms with Crippen LogP contribution < -0.4 is 66.3 Å². The van der Waals surface area contributed by atoms with Crippen molar-refractivity contribution in [3.8, 4) is 0 Å². The van der Waals surface area contributed by atoms with Crippen LogP contribution in [0.15, 0.2) is 22.5 Å². The number of H-pyrrole nitrogens is 1. The maximum Gasteiger partial charge on any atom is 0.245 e. The first kappa shape index (κ1) is 53.4. The summed E-state index contributed by atoms with van der Waals surface area (Å²) in [7, 11) is 0. The molecule has 0 aromatic carbocycles. The van der Waals surface area contributed by atoms with Gasteiger partial charge in [-0.05, 0) is 44.9 Å².